The molecule has 4 nitrogen and oxygen atoms in total. The molecule has 0 saturated carbocycles. The molecule has 1 amide bonds. The zero-order chi connectivity index (χ0) is 13.0. The van der Waals surface area contributed by atoms with Crippen molar-refractivity contribution in [3.8, 4) is 0 Å². The van der Waals surface area contributed by atoms with E-state index in [4.69, 9.17) is 4.74 Å². The fourth-order valence-electron chi connectivity index (χ4n) is 1.92. The minimum atomic E-state index is -0.165. The van der Waals surface area contributed by atoms with Gasteiger partial charge in [0.2, 0.25) is 5.91 Å². The Labute approximate surface area is 112 Å². The maximum Gasteiger partial charge on any atom is 0.246 e. The molecule has 18 heavy (non-hydrogen) atoms. The van der Waals surface area contributed by atoms with Crippen molar-refractivity contribution in [1.29, 1.82) is 0 Å². The second-order valence-electron chi connectivity index (χ2n) is 4.89. The lowest BCUT2D eigenvalue weighted by Gasteiger charge is -2.38. The van der Waals surface area contributed by atoms with Gasteiger partial charge in [0.15, 0.2) is 0 Å². The van der Waals surface area contributed by atoms with Crippen LogP contribution in [-0.2, 0) is 9.53 Å². The summed E-state index contributed by atoms with van der Waals surface area (Å²) in [5.41, 5.74) is -0.165. The summed E-state index contributed by atoms with van der Waals surface area (Å²) in [7, 11) is 0. The number of rotatable bonds is 6. The molecule has 1 unspecified atom stereocenters. The van der Waals surface area contributed by atoms with Crippen LogP contribution in [0.3, 0.4) is 0 Å². The van der Waals surface area contributed by atoms with E-state index >= 15 is 0 Å². The maximum absolute atomic E-state index is 11.8. The van der Waals surface area contributed by atoms with Crippen molar-refractivity contribution >= 4 is 17.2 Å². The fourth-order valence-corrected chi connectivity index (χ4v) is 2.78. The van der Waals surface area contributed by atoms with Gasteiger partial charge in [0.1, 0.15) is 6.61 Å². The highest BCUT2D eigenvalue weighted by atomic mass is 32.1. The highest BCUT2D eigenvalue weighted by Gasteiger charge is 2.33. The number of ether oxygens (including phenoxy) is 1. The quantitative estimate of drug-likeness (QED) is 0.825. The summed E-state index contributed by atoms with van der Waals surface area (Å²) in [4.78, 5) is 13.0. The van der Waals surface area contributed by atoms with Crippen molar-refractivity contribution in [3.63, 3.8) is 0 Å². The maximum atomic E-state index is 11.8. The van der Waals surface area contributed by atoms with Crippen LogP contribution in [0, 0.1) is 0 Å². The highest BCUT2D eigenvalue weighted by Crippen LogP contribution is 2.21. The monoisotopic (exact) mass is 268 g/mol. The van der Waals surface area contributed by atoms with Crippen LogP contribution in [0.1, 0.15) is 31.2 Å². The van der Waals surface area contributed by atoms with Crippen LogP contribution >= 0.6 is 11.3 Å². The zero-order valence-corrected chi connectivity index (χ0v) is 11.7. The standard InChI is InChI=1S/C13H20N2O2S/c1-3-10(11-5-4-6-18-11)15-12(16)7-17-13(2)8-14-9-13/h4-6,10,14H,3,7-9H2,1-2H3,(H,15,16). The Bertz CT molecular complexity index is 388. The van der Waals surface area contributed by atoms with Gasteiger partial charge in [-0.2, -0.15) is 0 Å². The van der Waals surface area contributed by atoms with Crippen molar-refractivity contribution < 1.29 is 9.53 Å². The normalized spacial score (nSPS) is 19.0. The Balaban J connectivity index is 1.79. The van der Waals surface area contributed by atoms with Crippen LogP contribution < -0.4 is 10.6 Å². The summed E-state index contributed by atoms with van der Waals surface area (Å²) in [6.45, 7) is 5.88. The Morgan fingerprint density at radius 2 is 2.44 bits per heavy atom. The smallest absolute Gasteiger partial charge is 0.246 e. The van der Waals surface area contributed by atoms with Gasteiger partial charge in [-0.05, 0) is 24.8 Å². The number of hydrogen-bond donors (Lipinski definition) is 2. The van der Waals surface area contributed by atoms with Gasteiger partial charge in [-0.25, -0.2) is 0 Å². The average Bonchev–Trinajstić information content (AvgIpc) is 2.84. The lowest BCUT2D eigenvalue weighted by Crippen LogP contribution is -2.59. The first-order chi connectivity index (χ1) is 8.63. The fraction of sp³-hybridized carbons (Fsp3) is 0.615. The highest BCUT2D eigenvalue weighted by molar-refractivity contribution is 7.10. The average molecular weight is 268 g/mol. The third kappa shape index (κ3) is 3.31. The predicted molar refractivity (Wildman–Crippen MR) is 72.7 cm³/mol. The lowest BCUT2D eigenvalue weighted by atomic mass is 10.0. The molecule has 2 heterocycles. The number of carbonyl (C=O) groups excluding carboxylic acids is 1. The number of thiophene rings is 1. The third-order valence-electron chi connectivity index (χ3n) is 3.18. The molecule has 1 aromatic heterocycles. The van der Waals surface area contributed by atoms with E-state index in [1.54, 1.807) is 11.3 Å². The van der Waals surface area contributed by atoms with E-state index in [1.165, 1.54) is 4.88 Å². The zero-order valence-electron chi connectivity index (χ0n) is 10.9. The molecule has 1 aliphatic heterocycles. The van der Waals surface area contributed by atoms with Gasteiger partial charge in [0.25, 0.3) is 0 Å². The van der Waals surface area contributed by atoms with Crippen LogP contribution in [-0.4, -0.2) is 31.2 Å². The van der Waals surface area contributed by atoms with Crippen molar-refractivity contribution in [3.05, 3.63) is 22.4 Å². The second-order valence-corrected chi connectivity index (χ2v) is 5.87. The molecule has 1 aromatic rings. The Hall–Kier alpha value is -0.910. The molecule has 0 bridgehead atoms. The number of hydrogen-bond acceptors (Lipinski definition) is 4. The summed E-state index contributed by atoms with van der Waals surface area (Å²) in [6.07, 6.45) is 0.894. The van der Waals surface area contributed by atoms with Crippen LogP contribution in [0.15, 0.2) is 17.5 Å². The van der Waals surface area contributed by atoms with E-state index < -0.39 is 0 Å². The molecule has 2 rings (SSSR count). The molecule has 1 saturated heterocycles. The molecule has 1 fully saturated rings. The van der Waals surface area contributed by atoms with Crippen LogP contribution in [0.5, 0.6) is 0 Å². The molecule has 2 N–H and O–H groups in total. The summed E-state index contributed by atoms with van der Waals surface area (Å²) in [5.74, 6) is -0.0385. The van der Waals surface area contributed by atoms with Gasteiger partial charge < -0.3 is 15.4 Å². The second kappa shape index (κ2) is 5.82. The molecule has 0 spiro atoms. The first-order valence-corrected chi connectivity index (χ1v) is 7.18. The molecule has 5 heteroatoms. The third-order valence-corrected chi connectivity index (χ3v) is 4.17. The van der Waals surface area contributed by atoms with E-state index in [9.17, 15) is 4.79 Å². The minimum Gasteiger partial charge on any atom is -0.363 e. The van der Waals surface area contributed by atoms with Crippen LogP contribution in [0.25, 0.3) is 0 Å². The van der Waals surface area contributed by atoms with E-state index in [1.807, 2.05) is 18.4 Å². The number of amides is 1. The van der Waals surface area contributed by atoms with E-state index in [0.717, 1.165) is 19.5 Å². The molecule has 0 aromatic carbocycles. The van der Waals surface area contributed by atoms with E-state index in [2.05, 4.69) is 23.6 Å². The van der Waals surface area contributed by atoms with Crippen molar-refractivity contribution in [1.82, 2.24) is 10.6 Å². The SMILES string of the molecule is CCC(NC(=O)COC1(C)CNC1)c1cccs1. The van der Waals surface area contributed by atoms with Gasteiger partial charge in [-0.15, -0.1) is 11.3 Å². The largest absolute Gasteiger partial charge is 0.363 e. The molecule has 1 aliphatic rings. The molecule has 1 atom stereocenters. The first-order valence-electron chi connectivity index (χ1n) is 6.30. The van der Waals surface area contributed by atoms with Gasteiger partial charge in [0, 0.05) is 18.0 Å². The predicted octanol–water partition coefficient (Wildman–Crippen LogP) is 1.69. The Morgan fingerprint density at radius 3 is 2.94 bits per heavy atom. The first kappa shape index (κ1) is 13.5. The molecule has 0 aliphatic carbocycles. The van der Waals surface area contributed by atoms with Crippen molar-refractivity contribution in [2.45, 2.75) is 31.9 Å². The van der Waals surface area contributed by atoms with Gasteiger partial charge >= 0.3 is 0 Å². The Kier molecular flexibility index (Phi) is 4.37. The van der Waals surface area contributed by atoms with E-state index in [0.29, 0.717) is 0 Å². The number of carbonyl (C=O) groups is 1. The molecular weight excluding hydrogens is 248 g/mol. The van der Waals surface area contributed by atoms with Gasteiger partial charge in [-0.3, -0.25) is 4.79 Å². The Morgan fingerprint density at radius 1 is 1.67 bits per heavy atom. The minimum absolute atomic E-state index is 0.0385. The molecule has 100 valence electrons. The summed E-state index contributed by atoms with van der Waals surface area (Å²) < 4.78 is 5.62. The van der Waals surface area contributed by atoms with E-state index in [-0.39, 0.29) is 24.2 Å². The summed E-state index contributed by atoms with van der Waals surface area (Å²) >= 11 is 1.67. The molecule has 0 radical (unpaired) electrons. The topological polar surface area (TPSA) is 50.4 Å². The van der Waals surface area contributed by atoms with Gasteiger partial charge in [0.05, 0.1) is 11.6 Å². The van der Waals surface area contributed by atoms with Crippen molar-refractivity contribution in [2.24, 2.45) is 0 Å². The summed E-state index contributed by atoms with van der Waals surface area (Å²) in [6, 6.07) is 4.16. The lowest BCUT2D eigenvalue weighted by molar-refractivity contribution is -0.136. The van der Waals surface area contributed by atoms with Crippen LogP contribution in [0.4, 0.5) is 0 Å². The molecular formula is C13H20N2O2S. The summed E-state index contributed by atoms with van der Waals surface area (Å²) in [5, 5.41) is 8.19. The van der Waals surface area contributed by atoms with Gasteiger partial charge in [-0.1, -0.05) is 13.0 Å². The number of nitrogens with one attached hydrogen (secondary N) is 2. The van der Waals surface area contributed by atoms with Crippen LogP contribution in [0.2, 0.25) is 0 Å². The van der Waals surface area contributed by atoms with Crippen molar-refractivity contribution in [2.75, 3.05) is 19.7 Å².